The lowest BCUT2D eigenvalue weighted by Crippen LogP contribution is -2.66. The monoisotopic (exact) mass is 693 g/mol. The molecule has 4 fully saturated rings. The molecule has 8 unspecified atom stereocenters. The highest BCUT2D eigenvalue weighted by molar-refractivity contribution is 5.69. The number of ether oxygens (including phenoxy) is 1. The van der Waals surface area contributed by atoms with Crippen molar-refractivity contribution in [3.05, 3.63) is 11.6 Å². The van der Waals surface area contributed by atoms with Gasteiger partial charge in [0, 0.05) is 11.8 Å². The molecule has 0 aliphatic heterocycles. The molecule has 0 spiro atoms. The minimum Gasteiger partial charge on any atom is -0.462 e. The van der Waals surface area contributed by atoms with Crippen LogP contribution in [0.2, 0.25) is 0 Å². The predicted molar refractivity (Wildman–Crippen MR) is 214 cm³/mol. The van der Waals surface area contributed by atoms with E-state index >= 15 is 0 Å². The van der Waals surface area contributed by atoms with Gasteiger partial charge in [-0.05, 0) is 115 Å². The zero-order valence-corrected chi connectivity index (χ0v) is 35.1. The van der Waals surface area contributed by atoms with Crippen molar-refractivity contribution < 1.29 is 9.53 Å². The maximum atomic E-state index is 13.2. The third-order valence-electron chi connectivity index (χ3n) is 17.2. The Labute approximate surface area is 311 Å². The third kappa shape index (κ3) is 8.15. The van der Waals surface area contributed by atoms with Gasteiger partial charge in [-0.25, -0.2) is 0 Å². The minimum atomic E-state index is 0.0395. The van der Waals surface area contributed by atoms with Crippen LogP contribution >= 0.6 is 0 Å². The summed E-state index contributed by atoms with van der Waals surface area (Å²) in [6.07, 6.45) is 37.0. The van der Waals surface area contributed by atoms with Crippen molar-refractivity contribution in [2.24, 2.45) is 50.2 Å². The summed E-state index contributed by atoms with van der Waals surface area (Å²) >= 11 is 0. The number of fused-ring (bicyclic) bond motifs is 7. The Balaban J connectivity index is 1.06. The van der Waals surface area contributed by atoms with Crippen LogP contribution in [0.4, 0.5) is 0 Å². The largest absolute Gasteiger partial charge is 0.462 e. The molecular weight excluding hydrogens is 609 g/mol. The molecule has 0 radical (unpaired) electrons. The molecule has 0 aromatic heterocycles. The maximum Gasteiger partial charge on any atom is 0.306 e. The summed E-state index contributed by atoms with van der Waals surface area (Å²) in [7, 11) is 0. The molecule has 0 aromatic rings. The Morgan fingerprint density at radius 3 is 1.76 bits per heavy atom. The Hall–Kier alpha value is -0.790. The molecule has 0 saturated heterocycles. The van der Waals surface area contributed by atoms with Crippen LogP contribution in [-0.4, -0.2) is 12.1 Å². The van der Waals surface area contributed by atoms with Crippen molar-refractivity contribution in [3.8, 4) is 0 Å². The Morgan fingerprint density at radius 2 is 1.16 bits per heavy atom. The van der Waals surface area contributed by atoms with E-state index in [4.69, 9.17) is 4.74 Å². The van der Waals surface area contributed by atoms with E-state index in [1.165, 1.54) is 148 Å². The van der Waals surface area contributed by atoms with Gasteiger partial charge in [-0.1, -0.05) is 164 Å². The van der Waals surface area contributed by atoms with Crippen molar-refractivity contribution in [2.45, 2.75) is 235 Å². The molecule has 0 N–H and O–H groups in total. The van der Waals surface area contributed by atoms with Crippen LogP contribution in [-0.2, 0) is 9.53 Å². The fourth-order valence-electron chi connectivity index (χ4n) is 13.7. The molecule has 5 rings (SSSR count). The summed E-state index contributed by atoms with van der Waals surface area (Å²) in [5.41, 5.74) is 3.79. The number of rotatable bonds is 17. The van der Waals surface area contributed by atoms with Gasteiger partial charge in [-0.15, -0.1) is 0 Å². The first-order valence-electron chi connectivity index (χ1n) is 22.6. The SMILES string of the molecule is CCCCCCCCCCCCCCCCCC(=O)OC1CCC2(C)C(CCC3(C)C2CCC2C4=CC(C)(C)CCC4(C)CCC23C)C1(C)C. The number of carbonyl (C=O) groups excluding carboxylic acids is 1. The molecular formula is C48H84O2. The highest BCUT2D eigenvalue weighted by atomic mass is 16.5. The van der Waals surface area contributed by atoms with Crippen LogP contribution < -0.4 is 0 Å². The van der Waals surface area contributed by atoms with E-state index in [1.807, 2.05) is 5.57 Å². The minimum absolute atomic E-state index is 0.0395. The van der Waals surface area contributed by atoms with E-state index in [0.717, 1.165) is 24.7 Å². The standard InChI is InChI=1S/C48H84O2/c1-10-11-12-13-14-15-16-17-18-19-20-21-22-23-24-25-42(49)50-41-29-30-46(7)39(44(41,4)5)28-31-48(9)40(46)27-26-37-38-36-43(2,3)32-33-45(38,6)34-35-47(37,48)8/h36-37,39-41H,10-35H2,1-9H3. The first-order valence-corrected chi connectivity index (χ1v) is 22.6. The average Bonchev–Trinajstić information content (AvgIpc) is 3.05. The zero-order valence-electron chi connectivity index (χ0n) is 35.1. The van der Waals surface area contributed by atoms with E-state index in [9.17, 15) is 4.79 Å². The van der Waals surface area contributed by atoms with E-state index in [1.54, 1.807) is 0 Å². The molecule has 8 atom stereocenters. The molecule has 0 amide bonds. The topological polar surface area (TPSA) is 26.3 Å². The molecule has 2 heteroatoms. The Morgan fingerprint density at radius 1 is 0.600 bits per heavy atom. The second-order valence-corrected chi connectivity index (χ2v) is 21.3. The smallest absolute Gasteiger partial charge is 0.306 e. The van der Waals surface area contributed by atoms with Crippen LogP contribution in [0.1, 0.15) is 229 Å². The molecule has 5 aliphatic rings. The van der Waals surface area contributed by atoms with Gasteiger partial charge in [0.15, 0.2) is 0 Å². The summed E-state index contributed by atoms with van der Waals surface area (Å²) in [6.45, 7) is 23.0. The van der Waals surface area contributed by atoms with Gasteiger partial charge in [-0.3, -0.25) is 4.79 Å². The fraction of sp³-hybridized carbons (Fsp3) is 0.938. The van der Waals surface area contributed by atoms with Crippen LogP contribution in [0.5, 0.6) is 0 Å². The summed E-state index contributed by atoms with van der Waals surface area (Å²) in [5.74, 6) is 2.23. The first-order chi connectivity index (χ1) is 23.6. The summed E-state index contributed by atoms with van der Waals surface area (Å²) in [5, 5.41) is 0. The van der Waals surface area contributed by atoms with E-state index in [2.05, 4.69) is 68.4 Å². The third-order valence-corrected chi connectivity index (χ3v) is 17.2. The van der Waals surface area contributed by atoms with Crippen LogP contribution in [0, 0.1) is 50.2 Å². The second kappa shape index (κ2) is 16.3. The van der Waals surface area contributed by atoms with Gasteiger partial charge in [0.05, 0.1) is 0 Å². The predicted octanol–water partition coefficient (Wildman–Crippen LogP) is 15.0. The number of hydrogen-bond acceptors (Lipinski definition) is 2. The lowest BCUT2D eigenvalue weighted by atomic mass is 9.32. The van der Waals surface area contributed by atoms with Crippen molar-refractivity contribution in [1.29, 1.82) is 0 Å². The zero-order chi connectivity index (χ0) is 36.3. The molecule has 4 saturated carbocycles. The number of esters is 1. The molecule has 5 aliphatic carbocycles. The van der Waals surface area contributed by atoms with Gasteiger partial charge in [0.25, 0.3) is 0 Å². The van der Waals surface area contributed by atoms with E-state index in [0.29, 0.717) is 39.4 Å². The van der Waals surface area contributed by atoms with Crippen molar-refractivity contribution in [1.82, 2.24) is 0 Å². The van der Waals surface area contributed by atoms with Gasteiger partial charge in [0.2, 0.25) is 0 Å². The molecule has 0 heterocycles. The average molecular weight is 693 g/mol. The summed E-state index contributed by atoms with van der Waals surface area (Å²) in [6, 6.07) is 0. The van der Waals surface area contributed by atoms with Crippen molar-refractivity contribution >= 4 is 5.97 Å². The Kier molecular flexibility index (Phi) is 13.2. The molecule has 50 heavy (non-hydrogen) atoms. The van der Waals surface area contributed by atoms with Crippen LogP contribution in [0.25, 0.3) is 0 Å². The van der Waals surface area contributed by atoms with Crippen molar-refractivity contribution in [2.75, 3.05) is 0 Å². The highest BCUT2D eigenvalue weighted by Gasteiger charge is 2.69. The van der Waals surface area contributed by atoms with Crippen LogP contribution in [0.3, 0.4) is 0 Å². The van der Waals surface area contributed by atoms with Gasteiger partial charge >= 0.3 is 5.97 Å². The van der Waals surface area contributed by atoms with Gasteiger partial charge in [-0.2, -0.15) is 0 Å². The normalized spacial score (nSPS) is 38.6. The fourth-order valence-corrected chi connectivity index (χ4v) is 13.7. The maximum absolute atomic E-state index is 13.2. The van der Waals surface area contributed by atoms with E-state index < -0.39 is 0 Å². The van der Waals surface area contributed by atoms with Crippen LogP contribution in [0.15, 0.2) is 11.6 Å². The number of allylic oxidation sites excluding steroid dienone is 2. The number of unbranched alkanes of at least 4 members (excludes halogenated alkanes) is 14. The highest BCUT2D eigenvalue weighted by Crippen LogP contribution is 2.76. The second-order valence-electron chi connectivity index (χ2n) is 21.3. The quantitative estimate of drug-likeness (QED) is 0.0861. The summed E-state index contributed by atoms with van der Waals surface area (Å²) < 4.78 is 6.43. The number of hydrogen-bond donors (Lipinski definition) is 0. The molecule has 0 bridgehead atoms. The lowest BCUT2D eigenvalue weighted by molar-refractivity contribution is -0.233. The van der Waals surface area contributed by atoms with E-state index in [-0.39, 0.29) is 17.5 Å². The molecule has 0 aromatic carbocycles. The van der Waals surface area contributed by atoms with Crippen molar-refractivity contribution in [3.63, 3.8) is 0 Å². The van der Waals surface area contributed by atoms with Gasteiger partial charge in [0.1, 0.15) is 6.10 Å². The molecule has 288 valence electrons. The number of carbonyl (C=O) groups is 1. The lowest BCUT2D eigenvalue weighted by Gasteiger charge is -2.72. The molecule has 2 nitrogen and oxygen atoms in total. The Bertz CT molecular complexity index is 1150. The first kappa shape index (κ1) is 40.4. The van der Waals surface area contributed by atoms with Gasteiger partial charge < -0.3 is 4.74 Å². The summed E-state index contributed by atoms with van der Waals surface area (Å²) in [4.78, 5) is 13.2.